The number of ether oxygens (including phenoxy) is 1. The number of rotatable bonds is 5. The van der Waals surface area contributed by atoms with E-state index in [0.717, 1.165) is 6.42 Å². The summed E-state index contributed by atoms with van der Waals surface area (Å²) in [6.07, 6.45) is 1.11. The van der Waals surface area contributed by atoms with E-state index in [2.05, 4.69) is 20.0 Å². The first-order valence-electron chi connectivity index (χ1n) is 8.21. The molecule has 1 saturated heterocycles. The summed E-state index contributed by atoms with van der Waals surface area (Å²) < 4.78 is 32.6. The zero-order chi connectivity index (χ0) is 18.7. The standard InChI is InChI=1S/C17H20N4O4S/c1-11-10-12(2)19-17(18-11)21-26(23,24)14-7-5-13(6-8-14)20-16(22)15-4-3-9-25-15/h5-8,10,15H,3-4,9H2,1-2H3,(H,20,22)(H,18,19,21)/t15-/m1/s1. The molecule has 9 heteroatoms. The van der Waals surface area contributed by atoms with Gasteiger partial charge in [0.15, 0.2) is 0 Å². The molecule has 1 aliphatic rings. The molecule has 2 heterocycles. The third-order valence-corrected chi connectivity index (χ3v) is 5.21. The number of aromatic nitrogens is 2. The maximum atomic E-state index is 12.5. The van der Waals surface area contributed by atoms with Gasteiger partial charge in [0, 0.05) is 23.7 Å². The molecule has 0 saturated carbocycles. The molecule has 1 fully saturated rings. The fraction of sp³-hybridized carbons (Fsp3) is 0.353. The monoisotopic (exact) mass is 376 g/mol. The Balaban J connectivity index is 1.71. The molecule has 26 heavy (non-hydrogen) atoms. The molecule has 0 bridgehead atoms. The molecule has 0 aliphatic carbocycles. The van der Waals surface area contributed by atoms with Crippen molar-refractivity contribution in [3.63, 3.8) is 0 Å². The molecule has 0 spiro atoms. The van der Waals surface area contributed by atoms with Crippen LogP contribution in [0.5, 0.6) is 0 Å². The van der Waals surface area contributed by atoms with E-state index < -0.39 is 16.1 Å². The van der Waals surface area contributed by atoms with E-state index in [-0.39, 0.29) is 16.8 Å². The number of carbonyl (C=O) groups excluding carboxylic acids is 1. The first-order valence-corrected chi connectivity index (χ1v) is 9.69. The van der Waals surface area contributed by atoms with Crippen LogP contribution in [0.3, 0.4) is 0 Å². The number of nitrogens with one attached hydrogen (secondary N) is 2. The molecular formula is C17H20N4O4S. The number of aryl methyl sites for hydroxylation is 2. The topological polar surface area (TPSA) is 110 Å². The summed E-state index contributed by atoms with van der Waals surface area (Å²) in [7, 11) is -3.82. The summed E-state index contributed by atoms with van der Waals surface area (Å²) in [5, 5.41) is 2.72. The van der Waals surface area contributed by atoms with Gasteiger partial charge in [0.05, 0.1) is 4.90 Å². The zero-order valence-electron chi connectivity index (χ0n) is 14.5. The highest BCUT2D eigenvalue weighted by molar-refractivity contribution is 7.92. The number of hydrogen-bond acceptors (Lipinski definition) is 6. The number of amides is 1. The second kappa shape index (κ2) is 7.38. The maximum absolute atomic E-state index is 12.5. The van der Waals surface area contributed by atoms with Crippen LogP contribution in [-0.4, -0.2) is 37.0 Å². The smallest absolute Gasteiger partial charge is 0.264 e. The number of anilines is 2. The third-order valence-electron chi connectivity index (χ3n) is 3.86. The van der Waals surface area contributed by atoms with E-state index in [1.54, 1.807) is 19.9 Å². The number of nitrogens with zero attached hydrogens (tertiary/aromatic N) is 2. The van der Waals surface area contributed by atoms with Gasteiger partial charge in [0.25, 0.3) is 15.9 Å². The van der Waals surface area contributed by atoms with E-state index in [4.69, 9.17) is 4.74 Å². The highest BCUT2D eigenvalue weighted by Crippen LogP contribution is 2.19. The van der Waals surface area contributed by atoms with Crippen molar-refractivity contribution in [3.05, 3.63) is 41.7 Å². The van der Waals surface area contributed by atoms with Gasteiger partial charge in [0.1, 0.15) is 6.10 Å². The van der Waals surface area contributed by atoms with Crippen LogP contribution in [0, 0.1) is 13.8 Å². The molecule has 1 amide bonds. The Morgan fingerprint density at radius 1 is 1.15 bits per heavy atom. The lowest BCUT2D eigenvalue weighted by Crippen LogP contribution is -2.26. The molecule has 138 valence electrons. The average molecular weight is 376 g/mol. The molecule has 2 aromatic rings. The first kappa shape index (κ1) is 18.3. The quantitative estimate of drug-likeness (QED) is 0.826. The lowest BCUT2D eigenvalue weighted by Gasteiger charge is -2.11. The molecule has 8 nitrogen and oxygen atoms in total. The van der Waals surface area contributed by atoms with Gasteiger partial charge < -0.3 is 10.1 Å². The number of carbonyl (C=O) groups is 1. The van der Waals surface area contributed by atoms with Crippen LogP contribution in [-0.2, 0) is 19.6 Å². The second-order valence-corrected chi connectivity index (χ2v) is 7.78. The Bertz CT molecular complexity index is 887. The minimum absolute atomic E-state index is 0.0262. The third kappa shape index (κ3) is 4.36. The molecule has 1 aromatic heterocycles. The van der Waals surface area contributed by atoms with Crippen molar-refractivity contribution in [3.8, 4) is 0 Å². The summed E-state index contributed by atoms with van der Waals surface area (Å²) in [6.45, 7) is 4.11. The molecular weight excluding hydrogens is 356 g/mol. The predicted octanol–water partition coefficient (Wildman–Crippen LogP) is 2.01. The fourth-order valence-electron chi connectivity index (χ4n) is 2.68. The molecule has 2 N–H and O–H groups in total. The van der Waals surface area contributed by atoms with Gasteiger partial charge in [-0.2, -0.15) is 0 Å². The Kier molecular flexibility index (Phi) is 5.19. The van der Waals surface area contributed by atoms with Crippen LogP contribution in [0.2, 0.25) is 0 Å². The summed E-state index contributed by atoms with van der Waals surface area (Å²) in [4.78, 5) is 20.2. The van der Waals surface area contributed by atoms with Crippen molar-refractivity contribution in [2.24, 2.45) is 0 Å². The van der Waals surface area contributed by atoms with Gasteiger partial charge in [-0.15, -0.1) is 0 Å². The minimum atomic E-state index is -3.82. The van der Waals surface area contributed by atoms with Crippen LogP contribution < -0.4 is 10.0 Å². The summed E-state index contributed by atoms with van der Waals surface area (Å²) in [6, 6.07) is 7.64. The number of hydrogen-bond donors (Lipinski definition) is 2. The summed E-state index contributed by atoms with van der Waals surface area (Å²) >= 11 is 0. The second-order valence-electron chi connectivity index (χ2n) is 6.10. The molecule has 0 unspecified atom stereocenters. The average Bonchev–Trinajstić information content (AvgIpc) is 3.08. The molecule has 1 aromatic carbocycles. The molecule has 1 aliphatic heterocycles. The van der Waals surface area contributed by atoms with Crippen molar-refractivity contribution in [1.29, 1.82) is 0 Å². The van der Waals surface area contributed by atoms with Crippen LogP contribution >= 0.6 is 0 Å². The minimum Gasteiger partial charge on any atom is -0.368 e. The van der Waals surface area contributed by atoms with E-state index in [9.17, 15) is 13.2 Å². The fourth-order valence-corrected chi connectivity index (χ4v) is 3.62. The maximum Gasteiger partial charge on any atom is 0.264 e. The Morgan fingerprint density at radius 2 is 1.81 bits per heavy atom. The van der Waals surface area contributed by atoms with Crippen LogP contribution in [0.4, 0.5) is 11.6 Å². The summed E-state index contributed by atoms with van der Waals surface area (Å²) in [5.41, 5.74) is 1.84. The predicted molar refractivity (Wildman–Crippen MR) is 96.4 cm³/mol. The Morgan fingerprint density at radius 3 is 2.38 bits per heavy atom. The van der Waals surface area contributed by atoms with Gasteiger partial charge in [-0.3, -0.25) is 4.79 Å². The Hall–Kier alpha value is -2.52. The van der Waals surface area contributed by atoms with Gasteiger partial charge in [-0.1, -0.05) is 0 Å². The van der Waals surface area contributed by atoms with E-state index in [1.807, 2.05) is 0 Å². The van der Waals surface area contributed by atoms with Crippen LogP contribution in [0.25, 0.3) is 0 Å². The summed E-state index contributed by atoms with van der Waals surface area (Å²) in [5.74, 6) is -0.196. The largest absolute Gasteiger partial charge is 0.368 e. The van der Waals surface area contributed by atoms with Gasteiger partial charge in [-0.05, 0) is 57.0 Å². The lowest BCUT2D eigenvalue weighted by molar-refractivity contribution is -0.124. The molecule has 0 radical (unpaired) electrons. The van der Waals surface area contributed by atoms with Gasteiger partial charge in [0.2, 0.25) is 5.95 Å². The van der Waals surface area contributed by atoms with Crippen LogP contribution in [0.15, 0.2) is 35.2 Å². The van der Waals surface area contributed by atoms with E-state index in [0.29, 0.717) is 30.1 Å². The van der Waals surface area contributed by atoms with Crippen molar-refractivity contribution in [2.75, 3.05) is 16.6 Å². The van der Waals surface area contributed by atoms with Crippen molar-refractivity contribution >= 4 is 27.6 Å². The Labute approximate surface area is 152 Å². The number of sulfonamides is 1. The van der Waals surface area contributed by atoms with Gasteiger partial charge in [-0.25, -0.2) is 23.1 Å². The van der Waals surface area contributed by atoms with E-state index >= 15 is 0 Å². The SMILES string of the molecule is Cc1cc(C)nc(NS(=O)(=O)c2ccc(NC(=O)[C@H]3CCCO3)cc2)n1. The highest BCUT2D eigenvalue weighted by Gasteiger charge is 2.23. The van der Waals surface area contributed by atoms with Crippen molar-refractivity contribution < 1.29 is 17.9 Å². The van der Waals surface area contributed by atoms with Crippen molar-refractivity contribution in [1.82, 2.24) is 9.97 Å². The zero-order valence-corrected chi connectivity index (χ0v) is 15.3. The van der Waals surface area contributed by atoms with Crippen LogP contribution in [0.1, 0.15) is 24.2 Å². The lowest BCUT2D eigenvalue weighted by atomic mass is 10.2. The molecule has 3 rings (SSSR count). The van der Waals surface area contributed by atoms with Gasteiger partial charge >= 0.3 is 0 Å². The normalized spacial score (nSPS) is 17.1. The number of benzene rings is 1. The molecule has 1 atom stereocenters. The van der Waals surface area contributed by atoms with Crippen molar-refractivity contribution in [2.45, 2.75) is 37.7 Å². The first-order chi connectivity index (χ1) is 12.3. The van der Waals surface area contributed by atoms with E-state index in [1.165, 1.54) is 24.3 Å². The highest BCUT2D eigenvalue weighted by atomic mass is 32.2.